The molecule has 0 amide bonds. The molecule has 8 heteroatoms. The Morgan fingerprint density at radius 1 is 1.16 bits per heavy atom. The van der Waals surface area contributed by atoms with E-state index in [4.69, 9.17) is 5.11 Å². The molecule has 2 aromatic rings. The standard InChI is InChI=1S/C11H12Br2N2O4/c12-4-1-6-7(2-5(4)13)15-11(14-6)10(19)9(18)8(17)3-16/h1-2,8-10,16-19H,3H2,(H,14,15)/t8?,9?,10-/m1/s1. The second kappa shape index (κ2) is 5.86. The predicted octanol–water partition coefficient (Wildman–Crippen LogP) is 0.835. The Hall–Kier alpha value is -0.510. The highest BCUT2D eigenvalue weighted by Gasteiger charge is 2.27. The van der Waals surface area contributed by atoms with Gasteiger partial charge in [0.2, 0.25) is 0 Å². The first kappa shape index (κ1) is 14.9. The van der Waals surface area contributed by atoms with Crippen molar-refractivity contribution < 1.29 is 20.4 Å². The van der Waals surface area contributed by atoms with Crippen molar-refractivity contribution in [2.75, 3.05) is 6.61 Å². The first-order valence-electron chi connectivity index (χ1n) is 5.43. The number of aliphatic hydroxyl groups is 4. The third-order valence-electron chi connectivity index (χ3n) is 2.73. The summed E-state index contributed by atoms with van der Waals surface area (Å²) in [6.07, 6.45) is -4.36. The van der Waals surface area contributed by atoms with Crippen molar-refractivity contribution in [2.24, 2.45) is 0 Å². The van der Waals surface area contributed by atoms with Gasteiger partial charge in [-0.05, 0) is 44.0 Å². The normalized spacial score (nSPS) is 16.5. The van der Waals surface area contributed by atoms with Crippen molar-refractivity contribution in [1.82, 2.24) is 9.97 Å². The van der Waals surface area contributed by atoms with Crippen LogP contribution >= 0.6 is 31.9 Å². The second-order valence-corrected chi connectivity index (χ2v) is 5.80. The summed E-state index contributed by atoms with van der Waals surface area (Å²) in [6.45, 7) is -0.643. The molecule has 1 heterocycles. The molecule has 0 aliphatic carbocycles. The summed E-state index contributed by atoms with van der Waals surface area (Å²) in [7, 11) is 0. The van der Waals surface area contributed by atoms with Crippen LogP contribution in [0.15, 0.2) is 21.1 Å². The van der Waals surface area contributed by atoms with E-state index < -0.39 is 24.9 Å². The average molecular weight is 396 g/mol. The quantitative estimate of drug-likeness (QED) is 0.526. The van der Waals surface area contributed by atoms with E-state index in [2.05, 4.69) is 41.8 Å². The highest BCUT2D eigenvalue weighted by Crippen LogP contribution is 2.29. The van der Waals surface area contributed by atoms with Crippen LogP contribution in [-0.2, 0) is 0 Å². The van der Waals surface area contributed by atoms with Crippen molar-refractivity contribution in [2.45, 2.75) is 18.3 Å². The molecule has 19 heavy (non-hydrogen) atoms. The molecule has 0 bridgehead atoms. The van der Waals surface area contributed by atoms with E-state index in [1.807, 2.05) is 0 Å². The predicted molar refractivity (Wildman–Crippen MR) is 75.6 cm³/mol. The van der Waals surface area contributed by atoms with Crippen molar-refractivity contribution in [3.05, 3.63) is 26.9 Å². The molecule has 0 saturated carbocycles. The van der Waals surface area contributed by atoms with Gasteiger partial charge in [-0.25, -0.2) is 4.98 Å². The van der Waals surface area contributed by atoms with Crippen molar-refractivity contribution in [3.8, 4) is 0 Å². The number of halogens is 2. The molecule has 0 fully saturated rings. The molecule has 0 aliphatic rings. The minimum atomic E-state index is -1.52. The summed E-state index contributed by atoms with van der Waals surface area (Å²) in [5.74, 6) is 0.125. The number of nitrogens with zero attached hydrogens (tertiary/aromatic N) is 1. The second-order valence-electron chi connectivity index (χ2n) is 4.09. The van der Waals surface area contributed by atoms with Crippen molar-refractivity contribution in [3.63, 3.8) is 0 Å². The average Bonchev–Trinajstić information content (AvgIpc) is 2.79. The molecule has 104 valence electrons. The lowest BCUT2D eigenvalue weighted by atomic mass is 10.1. The lowest BCUT2D eigenvalue weighted by Crippen LogP contribution is -2.35. The van der Waals surface area contributed by atoms with Gasteiger partial charge in [-0.3, -0.25) is 0 Å². The number of fused-ring (bicyclic) bond motifs is 1. The van der Waals surface area contributed by atoms with Crippen LogP contribution in [0.1, 0.15) is 11.9 Å². The molecular weight excluding hydrogens is 384 g/mol. The van der Waals surface area contributed by atoms with Crippen molar-refractivity contribution in [1.29, 1.82) is 0 Å². The van der Waals surface area contributed by atoms with E-state index in [0.717, 1.165) is 8.95 Å². The zero-order chi connectivity index (χ0) is 14.2. The molecule has 0 spiro atoms. The highest BCUT2D eigenvalue weighted by molar-refractivity contribution is 9.13. The van der Waals surface area contributed by atoms with Gasteiger partial charge < -0.3 is 25.4 Å². The third kappa shape index (κ3) is 2.99. The maximum Gasteiger partial charge on any atom is 0.140 e. The van der Waals surface area contributed by atoms with E-state index in [1.165, 1.54) is 0 Å². The van der Waals surface area contributed by atoms with Gasteiger partial charge in [0.05, 0.1) is 17.6 Å². The Kier molecular flexibility index (Phi) is 4.59. The topological polar surface area (TPSA) is 110 Å². The minimum Gasteiger partial charge on any atom is -0.394 e. The van der Waals surface area contributed by atoms with E-state index in [1.54, 1.807) is 12.1 Å². The molecule has 0 aliphatic heterocycles. The maximum atomic E-state index is 9.89. The fourth-order valence-electron chi connectivity index (χ4n) is 1.64. The first-order valence-corrected chi connectivity index (χ1v) is 7.02. The van der Waals surface area contributed by atoms with Gasteiger partial charge in [0, 0.05) is 8.95 Å². The minimum absolute atomic E-state index is 0.125. The van der Waals surface area contributed by atoms with Crippen LogP contribution in [0.4, 0.5) is 0 Å². The Balaban J connectivity index is 2.35. The Morgan fingerprint density at radius 3 is 2.42 bits per heavy atom. The number of imidazole rings is 1. The van der Waals surface area contributed by atoms with E-state index in [-0.39, 0.29) is 5.82 Å². The molecule has 0 saturated heterocycles. The summed E-state index contributed by atoms with van der Waals surface area (Å²) in [5.41, 5.74) is 1.28. The third-order valence-corrected chi connectivity index (χ3v) is 4.57. The Labute approximate surface area is 125 Å². The Bertz CT molecular complexity index is 550. The van der Waals surface area contributed by atoms with E-state index in [0.29, 0.717) is 11.0 Å². The summed E-state index contributed by atoms with van der Waals surface area (Å²) in [5, 5.41) is 37.6. The summed E-state index contributed by atoms with van der Waals surface area (Å²) >= 11 is 6.69. The maximum absolute atomic E-state index is 9.89. The molecule has 6 nitrogen and oxygen atoms in total. The number of H-pyrrole nitrogens is 1. The van der Waals surface area contributed by atoms with Crippen LogP contribution in [0.3, 0.4) is 0 Å². The number of rotatable bonds is 4. The number of hydrogen-bond acceptors (Lipinski definition) is 5. The molecular formula is C11H12Br2N2O4. The zero-order valence-corrected chi connectivity index (χ0v) is 12.8. The van der Waals surface area contributed by atoms with Crippen LogP contribution in [0.5, 0.6) is 0 Å². The van der Waals surface area contributed by atoms with E-state index >= 15 is 0 Å². The van der Waals surface area contributed by atoms with Gasteiger partial charge in [0.25, 0.3) is 0 Å². The van der Waals surface area contributed by atoms with Gasteiger partial charge in [0.1, 0.15) is 24.1 Å². The largest absolute Gasteiger partial charge is 0.394 e. The summed E-state index contributed by atoms with van der Waals surface area (Å²) < 4.78 is 1.63. The lowest BCUT2D eigenvalue weighted by molar-refractivity contribution is -0.0800. The number of aliphatic hydroxyl groups excluding tert-OH is 4. The SMILES string of the molecule is OCC(O)C(O)[C@@H](O)c1nc2cc(Br)c(Br)cc2[nH]1. The van der Waals surface area contributed by atoms with Gasteiger partial charge in [-0.2, -0.15) is 0 Å². The fraction of sp³-hybridized carbons (Fsp3) is 0.364. The smallest absolute Gasteiger partial charge is 0.140 e. The first-order chi connectivity index (χ1) is 8.93. The molecule has 5 N–H and O–H groups in total. The van der Waals surface area contributed by atoms with E-state index in [9.17, 15) is 15.3 Å². The molecule has 1 aromatic heterocycles. The number of aromatic amines is 1. The summed E-state index contributed by atoms with van der Waals surface area (Å²) in [4.78, 5) is 7.00. The molecule has 2 rings (SSSR count). The number of aromatic nitrogens is 2. The monoisotopic (exact) mass is 394 g/mol. The van der Waals surface area contributed by atoms with Gasteiger partial charge in [-0.15, -0.1) is 0 Å². The van der Waals surface area contributed by atoms with Gasteiger partial charge in [0.15, 0.2) is 0 Å². The van der Waals surface area contributed by atoms with Crippen LogP contribution in [0.2, 0.25) is 0 Å². The highest BCUT2D eigenvalue weighted by atomic mass is 79.9. The number of hydrogen-bond donors (Lipinski definition) is 5. The number of nitrogens with one attached hydrogen (secondary N) is 1. The van der Waals surface area contributed by atoms with Crippen LogP contribution < -0.4 is 0 Å². The van der Waals surface area contributed by atoms with Gasteiger partial charge >= 0.3 is 0 Å². The van der Waals surface area contributed by atoms with Crippen molar-refractivity contribution >= 4 is 42.9 Å². The lowest BCUT2D eigenvalue weighted by Gasteiger charge is -2.19. The van der Waals surface area contributed by atoms with Crippen LogP contribution in [-0.4, -0.2) is 49.2 Å². The zero-order valence-electron chi connectivity index (χ0n) is 9.59. The molecule has 1 aromatic carbocycles. The van der Waals surface area contributed by atoms with Crippen LogP contribution in [0.25, 0.3) is 11.0 Å². The summed E-state index contributed by atoms with van der Waals surface area (Å²) in [6, 6.07) is 3.53. The molecule has 0 radical (unpaired) electrons. The molecule has 2 unspecified atom stereocenters. The Morgan fingerprint density at radius 2 is 1.79 bits per heavy atom. The van der Waals surface area contributed by atoms with Gasteiger partial charge in [-0.1, -0.05) is 0 Å². The fourth-order valence-corrected chi connectivity index (χ4v) is 2.32. The van der Waals surface area contributed by atoms with Crippen LogP contribution in [0, 0.1) is 0 Å². The molecule has 3 atom stereocenters. The number of benzene rings is 1.